The molecule has 0 saturated heterocycles. The summed E-state index contributed by atoms with van der Waals surface area (Å²) in [6.07, 6.45) is 0.740. The number of amides is 1. The summed E-state index contributed by atoms with van der Waals surface area (Å²) in [6, 6.07) is 5.73. The van der Waals surface area contributed by atoms with Crippen LogP contribution in [0.15, 0.2) is 23.0 Å². The first kappa shape index (κ1) is 19.5. The Hall–Kier alpha value is -2.21. The Bertz CT molecular complexity index is 901. The number of aromatic nitrogens is 2. The summed E-state index contributed by atoms with van der Waals surface area (Å²) >= 11 is 0. The van der Waals surface area contributed by atoms with E-state index < -0.39 is 0 Å². The molecule has 0 bridgehead atoms. The van der Waals surface area contributed by atoms with E-state index in [2.05, 4.69) is 37.9 Å². The van der Waals surface area contributed by atoms with Crippen molar-refractivity contribution in [2.24, 2.45) is 5.92 Å². The van der Waals surface area contributed by atoms with E-state index in [-0.39, 0.29) is 17.5 Å². The van der Waals surface area contributed by atoms with E-state index in [9.17, 15) is 9.59 Å². The average molecular weight is 370 g/mol. The number of rotatable bonds is 4. The predicted molar refractivity (Wildman–Crippen MR) is 108 cm³/mol. The Morgan fingerprint density at radius 2 is 1.85 bits per heavy atom. The molecule has 1 amide bonds. The zero-order valence-electron chi connectivity index (χ0n) is 17.0. The molecule has 1 aliphatic rings. The molecular weight excluding hydrogens is 340 g/mol. The Labute approximate surface area is 160 Å². The number of benzene rings is 1. The first-order valence-electron chi connectivity index (χ1n) is 9.86. The van der Waals surface area contributed by atoms with Crippen molar-refractivity contribution in [3.8, 4) is 0 Å². The van der Waals surface area contributed by atoms with E-state index >= 15 is 0 Å². The van der Waals surface area contributed by atoms with Crippen LogP contribution >= 0.6 is 0 Å². The zero-order chi connectivity index (χ0) is 19.7. The molecule has 0 fully saturated rings. The molecule has 2 aromatic rings. The highest BCUT2D eigenvalue weighted by molar-refractivity contribution is 5.97. The van der Waals surface area contributed by atoms with E-state index in [0.29, 0.717) is 35.0 Å². The number of hydrogen-bond donors (Lipinski definition) is 1. The minimum atomic E-state index is -0.124. The summed E-state index contributed by atoms with van der Waals surface area (Å²) < 4.78 is 1.80. The standard InChI is InChI=1S/C21H30N4O2/c1-13(2)15(5)22-20(26)16-6-7-17-18(12-16)23-19-8-9-24(14(3)4)10-11-25(19)21(17)27/h6-7,12-15H,8-11H2,1-5H3,(H,22,26)/t15-/m0/s1. The number of nitrogens with zero attached hydrogens (tertiary/aromatic N) is 3. The van der Waals surface area contributed by atoms with Crippen LogP contribution in [0.25, 0.3) is 10.9 Å². The van der Waals surface area contributed by atoms with Crippen molar-refractivity contribution in [3.05, 3.63) is 39.9 Å². The summed E-state index contributed by atoms with van der Waals surface area (Å²) in [5.41, 5.74) is 1.14. The fourth-order valence-corrected chi connectivity index (χ4v) is 3.39. The molecule has 27 heavy (non-hydrogen) atoms. The highest BCUT2D eigenvalue weighted by Gasteiger charge is 2.20. The van der Waals surface area contributed by atoms with Gasteiger partial charge in [0.25, 0.3) is 11.5 Å². The maximum absolute atomic E-state index is 13.0. The number of carbonyl (C=O) groups excluding carboxylic acids is 1. The van der Waals surface area contributed by atoms with Gasteiger partial charge in [-0.15, -0.1) is 0 Å². The molecule has 1 aromatic heterocycles. The molecule has 2 heterocycles. The third-order valence-corrected chi connectivity index (χ3v) is 5.62. The molecule has 0 spiro atoms. The van der Waals surface area contributed by atoms with Crippen molar-refractivity contribution in [2.75, 3.05) is 13.1 Å². The molecule has 1 aliphatic heterocycles. The van der Waals surface area contributed by atoms with Crippen LogP contribution in [0.4, 0.5) is 0 Å². The van der Waals surface area contributed by atoms with Gasteiger partial charge >= 0.3 is 0 Å². The monoisotopic (exact) mass is 370 g/mol. The SMILES string of the molecule is CC(C)[C@H](C)NC(=O)c1ccc2c(=O)n3c(nc2c1)CCN(C(C)C)CC3. The molecule has 0 unspecified atom stereocenters. The lowest BCUT2D eigenvalue weighted by molar-refractivity contribution is 0.0930. The lowest BCUT2D eigenvalue weighted by Gasteiger charge is -2.23. The number of carbonyl (C=O) groups is 1. The lowest BCUT2D eigenvalue weighted by atomic mass is 10.1. The summed E-state index contributed by atoms with van der Waals surface area (Å²) in [4.78, 5) is 32.6. The van der Waals surface area contributed by atoms with Gasteiger partial charge in [0.15, 0.2) is 0 Å². The van der Waals surface area contributed by atoms with Crippen molar-refractivity contribution in [1.82, 2.24) is 19.8 Å². The van der Waals surface area contributed by atoms with Crippen LogP contribution < -0.4 is 10.9 Å². The minimum absolute atomic E-state index is 0.0110. The Morgan fingerprint density at radius 3 is 2.52 bits per heavy atom. The van der Waals surface area contributed by atoms with Gasteiger partial charge in [-0.3, -0.25) is 19.1 Å². The molecule has 6 nitrogen and oxygen atoms in total. The zero-order valence-corrected chi connectivity index (χ0v) is 17.0. The van der Waals surface area contributed by atoms with Gasteiger partial charge in [-0.2, -0.15) is 0 Å². The van der Waals surface area contributed by atoms with Crippen LogP contribution in [0.5, 0.6) is 0 Å². The van der Waals surface area contributed by atoms with Crippen LogP contribution in [0.2, 0.25) is 0 Å². The summed E-state index contributed by atoms with van der Waals surface area (Å²) in [7, 11) is 0. The molecule has 1 atom stereocenters. The van der Waals surface area contributed by atoms with Gasteiger partial charge in [0.2, 0.25) is 0 Å². The minimum Gasteiger partial charge on any atom is -0.349 e. The number of nitrogens with one attached hydrogen (secondary N) is 1. The fraction of sp³-hybridized carbons (Fsp3) is 0.571. The quantitative estimate of drug-likeness (QED) is 0.898. The number of fused-ring (bicyclic) bond motifs is 2. The highest BCUT2D eigenvalue weighted by atomic mass is 16.1. The van der Waals surface area contributed by atoms with E-state index in [4.69, 9.17) is 4.98 Å². The Balaban J connectivity index is 1.95. The van der Waals surface area contributed by atoms with Gasteiger partial charge in [-0.25, -0.2) is 4.98 Å². The summed E-state index contributed by atoms with van der Waals surface area (Å²) in [5.74, 6) is 1.04. The van der Waals surface area contributed by atoms with Crippen LogP contribution in [-0.4, -0.2) is 45.5 Å². The number of hydrogen-bond acceptors (Lipinski definition) is 4. The summed E-state index contributed by atoms with van der Waals surface area (Å²) in [6.45, 7) is 12.9. The molecule has 1 N–H and O–H groups in total. The van der Waals surface area contributed by atoms with Gasteiger partial charge in [0.1, 0.15) is 5.82 Å². The summed E-state index contributed by atoms with van der Waals surface area (Å²) in [5, 5.41) is 3.58. The van der Waals surface area contributed by atoms with Gasteiger partial charge in [-0.05, 0) is 44.9 Å². The van der Waals surface area contributed by atoms with Crippen molar-refractivity contribution in [1.29, 1.82) is 0 Å². The van der Waals surface area contributed by atoms with E-state index in [0.717, 1.165) is 25.3 Å². The highest BCUT2D eigenvalue weighted by Crippen LogP contribution is 2.15. The second kappa shape index (κ2) is 7.80. The van der Waals surface area contributed by atoms with Crippen molar-refractivity contribution < 1.29 is 4.79 Å². The third kappa shape index (κ3) is 4.05. The van der Waals surface area contributed by atoms with Gasteiger partial charge in [0.05, 0.1) is 10.9 Å². The van der Waals surface area contributed by atoms with Crippen molar-refractivity contribution in [3.63, 3.8) is 0 Å². The molecule has 6 heteroatoms. The second-order valence-corrected chi connectivity index (χ2v) is 8.10. The molecule has 0 radical (unpaired) electrons. The second-order valence-electron chi connectivity index (χ2n) is 8.10. The van der Waals surface area contributed by atoms with Crippen LogP contribution in [0.1, 0.15) is 50.8 Å². The molecular formula is C21H30N4O2. The maximum atomic E-state index is 13.0. The Kier molecular flexibility index (Phi) is 5.65. The van der Waals surface area contributed by atoms with E-state index in [1.807, 2.05) is 6.92 Å². The van der Waals surface area contributed by atoms with Crippen molar-refractivity contribution in [2.45, 2.75) is 59.7 Å². The topological polar surface area (TPSA) is 67.2 Å². The predicted octanol–water partition coefficient (Wildman–Crippen LogP) is 2.44. The largest absolute Gasteiger partial charge is 0.349 e. The Morgan fingerprint density at radius 1 is 1.11 bits per heavy atom. The molecule has 3 rings (SSSR count). The molecule has 0 saturated carbocycles. The van der Waals surface area contributed by atoms with Crippen LogP contribution in [0.3, 0.4) is 0 Å². The van der Waals surface area contributed by atoms with Crippen LogP contribution in [0, 0.1) is 5.92 Å². The van der Waals surface area contributed by atoms with Crippen molar-refractivity contribution >= 4 is 16.8 Å². The van der Waals surface area contributed by atoms with Gasteiger partial charge in [0, 0.05) is 43.7 Å². The third-order valence-electron chi connectivity index (χ3n) is 5.62. The first-order valence-corrected chi connectivity index (χ1v) is 9.86. The van der Waals surface area contributed by atoms with Crippen LogP contribution in [-0.2, 0) is 13.0 Å². The first-order chi connectivity index (χ1) is 12.8. The average Bonchev–Trinajstić information content (AvgIpc) is 2.84. The van der Waals surface area contributed by atoms with E-state index in [1.165, 1.54) is 0 Å². The van der Waals surface area contributed by atoms with Gasteiger partial charge < -0.3 is 5.32 Å². The normalized spacial score (nSPS) is 16.4. The maximum Gasteiger partial charge on any atom is 0.261 e. The molecule has 0 aliphatic carbocycles. The fourth-order valence-electron chi connectivity index (χ4n) is 3.39. The lowest BCUT2D eigenvalue weighted by Crippen LogP contribution is -2.36. The smallest absolute Gasteiger partial charge is 0.261 e. The van der Waals surface area contributed by atoms with Gasteiger partial charge in [-0.1, -0.05) is 13.8 Å². The molecule has 146 valence electrons. The van der Waals surface area contributed by atoms with E-state index in [1.54, 1.807) is 22.8 Å². The molecule has 1 aromatic carbocycles.